The van der Waals surface area contributed by atoms with Gasteiger partial charge in [0.1, 0.15) is 0 Å². The Hall–Kier alpha value is -0.350. The molecule has 0 radical (unpaired) electrons. The van der Waals surface area contributed by atoms with Crippen LogP contribution in [0, 0.1) is 0 Å². The lowest BCUT2D eigenvalue weighted by atomic mass is 10.3. The van der Waals surface area contributed by atoms with E-state index in [1.165, 1.54) is 0 Å². The molecule has 0 unspecified atom stereocenters. The van der Waals surface area contributed by atoms with Crippen LogP contribution in [-0.4, -0.2) is 42.7 Å². The van der Waals surface area contributed by atoms with Crippen LogP contribution >= 0.6 is 12.2 Å². The predicted molar refractivity (Wildman–Crippen MR) is 66.7 cm³/mol. The van der Waals surface area contributed by atoms with Crippen molar-refractivity contribution in [3.8, 4) is 0 Å². The number of thiocarbonyl (C=S) groups is 1. The summed E-state index contributed by atoms with van der Waals surface area (Å²) in [5.74, 6) is 0. The molecule has 0 aliphatic carbocycles. The fourth-order valence-corrected chi connectivity index (χ4v) is 1.11. The van der Waals surface area contributed by atoms with Crippen LogP contribution in [0.3, 0.4) is 0 Å². The Morgan fingerprint density at radius 2 is 1.86 bits per heavy atom. The van der Waals surface area contributed by atoms with Gasteiger partial charge in [-0.25, -0.2) is 0 Å². The minimum Gasteiger partial charge on any atom is -0.363 e. The van der Waals surface area contributed by atoms with Gasteiger partial charge in [-0.05, 0) is 39.5 Å². The van der Waals surface area contributed by atoms with Gasteiger partial charge in [-0.15, -0.1) is 0 Å². The molecule has 0 atom stereocenters. The van der Waals surface area contributed by atoms with Crippen molar-refractivity contribution in [1.29, 1.82) is 0 Å². The normalized spacial score (nSPS) is 10.7. The summed E-state index contributed by atoms with van der Waals surface area (Å²) in [4.78, 5) is 2.29. The number of likely N-dealkylation sites (N-methyl/N-ethyl adjacent to an activating group) is 1. The van der Waals surface area contributed by atoms with Gasteiger partial charge in [-0.3, -0.25) is 0 Å². The van der Waals surface area contributed by atoms with E-state index in [0.717, 1.165) is 31.2 Å². The summed E-state index contributed by atoms with van der Waals surface area (Å²) >= 11 is 5.10. The van der Waals surface area contributed by atoms with E-state index in [1.54, 1.807) is 0 Å². The van der Waals surface area contributed by atoms with Crippen LogP contribution in [0.25, 0.3) is 0 Å². The van der Waals surface area contributed by atoms with Crippen molar-refractivity contribution >= 4 is 17.3 Å². The minimum absolute atomic E-state index is 0.592. The smallest absolute Gasteiger partial charge is 0.166 e. The zero-order valence-electron chi connectivity index (χ0n) is 9.76. The van der Waals surface area contributed by atoms with Gasteiger partial charge < -0.3 is 15.5 Å². The summed E-state index contributed by atoms with van der Waals surface area (Å²) in [7, 11) is 2.12. The molecular formula is C10H23N3S. The molecule has 0 heterocycles. The molecule has 0 aliphatic heterocycles. The molecule has 3 nitrogen and oxygen atoms in total. The third-order valence-electron chi connectivity index (χ3n) is 2.17. The average molecular weight is 217 g/mol. The van der Waals surface area contributed by atoms with Crippen LogP contribution in [0.15, 0.2) is 0 Å². The van der Waals surface area contributed by atoms with Gasteiger partial charge in [0.2, 0.25) is 0 Å². The maximum atomic E-state index is 5.10. The molecule has 0 amide bonds. The van der Waals surface area contributed by atoms with Gasteiger partial charge in [0.15, 0.2) is 5.11 Å². The monoisotopic (exact) mass is 217 g/mol. The molecule has 0 aromatic carbocycles. The number of hydrogen-bond donors (Lipinski definition) is 2. The summed E-state index contributed by atoms with van der Waals surface area (Å²) in [5, 5.41) is 7.09. The second-order valence-electron chi connectivity index (χ2n) is 3.76. The zero-order valence-corrected chi connectivity index (χ0v) is 10.6. The van der Waals surface area contributed by atoms with Crippen molar-refractivity contribution in [3.63, 3.8) is 0 Å². The first kappa shape index (κ1) is 13.7. The van der Waals surface area contributed by atoms with E-state index in [0.29, 0.717) is 6.04 Å². The Morgan fingerprint density at radius 1 is 1.29 bits per heavy atom. The van der Waals surface area contributed by atoms with E-state index in [2.05, 4.69) is 43.4 Å². The van der Waals surface area contributed by atoms with Crippen molar-refractivity contribution < 1.29 is 0 Å². The molecule has 0 saturated heterocycles. The second-order valence-corrected chi connectivity index (χ2v) is 4.17. The largest absolute Gasteiger partial charge is 0.363 e. The lowest BCUT2D eigenvalue weighted by Crippen LogP contribution is -2.40. The van der Waals surface area contributed by atoms with E-state index in [-0.39, 0.29) is 0 Å². The van der Waals surface area contributed by atoms with Crippen LogP contribution < -0.4 is 10.6 Å². The van der Waals surface area contributed by atoms with Gasteiger partial charge in [0.25, 0.3) is 0 Å². The highest BCUT2D eigenvalue weighted by Crippen LogP contribution is 1.90. The number of nitrogens with one attached hydrogen (secondary N) is 2. The maximum Gasteiger partial charge on any atom is 0.166 e. The highest BCUT2D eigenvalue weighted by Gasteiger charge is 2.01. The summed E-state index contributed by atoms with van der Waals surface area (Å²) in [6.45, 7) is 9.38. The SMILES string of the molecule is CCCNC(=S)NCCN(C)C(C)C. The summed E-state index contributed by atoms with van der Waals surface area (Å²) in [5.41, 5.74) is 0. The van der Waals surface area contributed by atoms with E-state index < -0.39 is 0 Å². The molecule has 0 rings (SSSR count). The lowest BCUT2D eigenvalue weighted by molar-refractivity contribution is 0.278. The third-order valence-corrected chi connectivity index (χ3v) is 2.46. The predicted octanol–water partition coefficient (Wildman–Crippen LogP) is 1.20. The number of hydrogen-bond acceptors (Lipinski definition) is 2. The van der Waals surface area contributed by atoms with Gasteiger partial charge in [-0.1, -0.05) is 6.92 Å². The van der Waals surface area contributed by atoms with Gasteiger partial charge >= 0.3 is 0 Å². The van der Waals surface area contributed by atoms with Gasteiger partial charge in [0, 0.05) is 25.7 Å². The van der Waals surface area contributed by atoms with Gasteiger partial charge in [-0.2, -0.15) is 0 Å². The topological polar surface area (TPSA) is 27.3 Å². The molecule has 2 N–H and O–H groups in total. The Balaban J connectivity index is 3.39. The Kier molecular flexibility index (Phi) is 7.80. The Morgan fingerprint density at radius 3 is 2.36 bits per heavy atom. The number of rotatable bonds is 6. The molecule has 0 aromatic rings. The maximum absolute atomic E-state index is 5.10. The van der Waals surface area contributed by atoms with E-state index in [9.17, 15) is 0 Å². The molecule has 14 heavy (non-hydrogen) atoms. The van der Waals surface area contributed by atoms with Crippen molar-refractivity contribution in [1.82, 2.24) is 15.5 Å². The third kappa shape index (κ3) is 7.09. The first-order chi connectivity index (χ1) is 6.57. The second kappa shape index (κ2) is 8.00. The molecule has 84 valence electrons. The molecule has 0 bridgehead atoms. The summed E-state index contributed by atoms with van der Waals surface area (Å²) in [6.07, 6.45) is 1.10. The molecule has 0 spiro atoms. The fraction of sp³-hybridized carbons (Fsp3) is 0.900. The number of nitrogens with zero attached hydrogens (tertiary/aromatic N) is 1. The van der Waals surface area contributed by atoms with E-state index >= 15 is 0 Å². The zero-order chi connectivity index (χ0) is 11.0. The molecule has 0 aliphatic rings. The first-order valence-corrected chi connectivity index (χ1v) is 5.70. The van der Waals surface area contributed by atoms with Crippen LogP contribution in [0.5, 0.6) is 0 Å². The highest BCUT2D eigenvalue weighted by molar-refractivity contribution is 7.80. The van der Waals surface area contributed by atoms with Crippen LogP contribution in [0.4, 0.5) is 0 Å². The van der Waals surface area contributed by atoms with Crippen molar-refractivity contribution in [2.24, 2.45) is 0 Å². The van der Waals surface area contributed by atoms with E-state index in [1.807, 2.05) is 0 Å². The van der Waals surface area contributed by atoms with Crippen molar-refractivity contribution in [3.05, 3.63) is 0 Å². The quantitative estimate of drug-likeness (QED) is 0.654. The van der Waals surface area contributed by atoms with Crippen molar-refractivity contribution in [2.75, 3.05) is 26.7 Å². The summed E-state index contributed by atoms with van der Waals surface area (Å²) < 4.78 is 0. The van der Waals surface area contributed by atoms with Crippen LogP contribution in [-0.2, 0) is 0 Å². The average Bonchev–Trinajstić information content (AvgIpc) is 2.14. The minimum atomic E-state index is 0.592. The van der Waals surface area contributed by atoms with Crippen LogP contribution in [0.1, 0.15) is 27.2 Å². The first-order valence-electron chi connectivity index (χ1n) is 5.29. The Bertz CT molecular complexity index is 159. The lowest BCUT2D eigenvalue weighted by Gasteiger charge is -2.21. The Labute approximate surface area is 93.2 Å². The molecule has 0 aromatic heterocycles. The standard InChI is InChI=1S/C10H23N3S/c1-5-6-11-10(14)12-7-8-13(4)9(2)3/h9H,5-8H2,1-4H3,(H2,11,12,14). The highest BCUT2D eigenvalue weighted by atomic mass is 32.1. The summed E-state index contributed by atoms with van der Waals surface area (Å²) in [6, 6.07) is 0.592. The van der Waals surface area contributed by atoms with Gasteiger partial charge in [0.05, 0.1) is 0 Å². The van der Waals surface area contributed by atoms with Crippen LogP contribution in [0.2, 0.25) is 0 Å². The molecular weight excluding hydrogens is 194 g/mol. The molecule has 0 saturated carbocycles. The molecule has 4 heteroatoms. The molecule has 0 fully saturated rings. The van der Waals surface area contributed by atoms with Crippen molar-refractivity contribution in [2.45, 2.75) is 33.2 Å². The fourth-order valence-electron chi connectivity index (χ4n) is 0.905. The van der Waals surface area contributed by atoms with E-state index in [4.69, 9.17) is 12.2 Å².